The molecule has 0 aromatic heterocycles. The number of aryl methyl sites for hydroxylation is 3. The van der Waals surface area contributed by atoms with Crippen molar-refractivity contribution in [2.45, 2.75) is 76.9 Å². The summed E-state index contributed by atoms with van der Waals surface area (Å²) in [6, 6.07) is 21.0. The number of hydrogen-bond donors (Lipinski definition) is 1. The zero-order valence-electron chi connectivity index (χ0n) is 22.7. The minimum Gasteiger partial charge on any atom is -0.489 e. The van der Waals surface area contributed by atoms with E-state index in [1.54, 1.807) is 6.07 Å². The molecule has 0 spiro atoms. The lowest BCUT2D eigenvalue weighted by atomic mass is 9.85. The topological polar surface area (TPSA) is 66.8 Å². The summed E-state index contributed by atoms with van der Waals surface area (Å²) in [6.07, 6.45) is 11.0. The molecule has 0 amide bonds. The van der Waals surface area contributed by atoms with Gasteiger partial charge in [-0.25, -0.2) is 4.79 Å². The van der Waals surface area contributed by atoms with Crippen molar-refractivity contribution in [3.05, 3.63) is 99.6 Å². The molecule has 0 aliphatic heterocycles. The number of fused-ring (bicyclic) bond motifs is 2. The molecule has 0 saturated heterocycles. The monoisotopic (exact) mass is 525 g/mol. The van der Waals surface area contributed by atoms with E-state index < -0.39 is 5.97 Å². The van der Waals surface area contributed by atoms with Crippen molar-refractivity contribution >= 4 is 12.3 Å². The lowest BCUT2D eigenvalue weighted by Gasteiger charge is -2.36. The van der Waals surface area contributed by atoms with E-state index in [0.717, 1.165) is 69.2 Å². The molecule has 39 heavy (non-hydrogen) atoms. The fourth-order valence-electron chi connectivity index (χ4n) is 6.26. The second-order valence-corrected chi connectivity index (χ2v) is 10.9. The lowest BCUT2D eigenvalue weighted by molar-refractivity contribution is -0.107. The third kappa shape index (κ3) is 6.77. The molecule has 1 N–H and O–H groups in total. The van der Waals surface area contributed by atoms with E-state index in [1.165, 1.54) is 47.1 Å². The van der Waals surface area contributed by atoms with Gasteiger partial charge in [0.1, 0.15) is 18.6 Å². The number of para-hydroxylation sites is 1. The van der Waals surface area contributed by atoms with Crippen LogP contribution in [0.3, 0.4) is 0 Å². The number of aldehydes is 1. The summed E-state index contributed by atoms with van der Waals surface area (Å²) >= 11 is 0. The first-order chi connectivity index (χ1) is 19.1. The Kier molecular flexibility index (Phi) is 9.10. The van der Waals surface area contributed by atoms with Crippen molar-refractivity contribution in [2.75, 3.05) is 13.1 Å². The van der Waals surface area contributed by atoms with E-state index in [1.807, 2.05) is 18.2 Å². The van der Waals surface area contributed by atoms with Crippen LogP contribution in [0.15, 0.2) is 60.7 Å². The van der Waals surface area contributed by atoms with Crippen LogP contribution in [-0.4, -0.2) is 35.4 Å². The number of benzene rings is 3. The first-order valence-electron chi connectivity index (χ1n) is 14.5. The first kappa shape index (κ1) is 27.1. The average Bonchev–Trinajstić information content (AvgIpc) is 3.44. The molecular formula is C34H39NO4. The maximum absolute atomic E-state index is 11.5. The number of carbonyl (C=O) groups excluding carboxylic acids is 1. The summed E-state index contributed by atoms with van der Waals surface area (Å²) in [5.74, 6) is 0.0659. The third-order valence-electron chi connectivity index (χ3n) is 8.33. The molecule has 5 nitrogen and oxygen atoms in total. The predicted molar refractivity (Wildman–Crippen MR) is 154 cm³/mol. The predicted octanol–water partition coefficient (Wildman–Crippen LogP) is 6.74. The highest BCUT2D eigenvalue weighted by molar-refractivity contribution is 5.88. The normalized spacial score (nSPS) is 16.1. The summed E-state index contributed by atoms with van der Waals surface area (Å²) < 4.78 is 6.35. The van der Waals surface area contributed by atoms with Gasteiger partial charge in [-0.05, 0) is 116 Å². The number of nitrogens with zero attached hydrogens (tertiary/aromatic N) is 1. The van der Waals surface area contributed by atoms with Crippen molar-refractivity contribution in [1.29, 1.82) is 0 Å². The Labute approximate surface area is 231 Å². The van der Waals surface area contributed by atoms with Gasteiger partial charge in [0.15, 0.2) is 0 Å². The number of carboxylic acids is 1. The summed E-state index contributed by atoms with van der Waals surface area (Å²) in [5.41, 5.74) is 8.15. The maximum atomic E-state index is 11.5. The zero-order valence-corrected chi connectivity index (χ0v) is 22.7. The maximum Gasteiger partial charge on any atom is 0.335 e. The number of carbonyl (C=O) groups is 2. The average molecular weight is 526 g/mol. The number of rotatable bonds is 13. The van der Waals surface area contributed by atoms with E-state index in [4.69, 9.17) is 4.74 Å². The lowest BCUT2D eigenvalue weighted by Crippen LogP contribution is -2.34. The molecule has 2 aliphatic carbocycles. The van der Waals surface area contributed by atoms with Crippen molar-refractivity contribution in [2.24, 2.45) is 0 Å². The van der Waals surface area contributed by atoms with Gasteiger partial charge in [0.2, 0.25) is 0 Å². The summed E-state index contributed by atoms with van der Waals surface area (Å²) in [4.78, 5) is 25.0. The second-order valence-electron chi connectivity index (χ2n) is 10.9. The quantitative estimate of drug-likeness (QED) is 0.198. The van der Waals surface area contributed by atoms with Crippen LogP contribution < -0.4 is 4.74 Å². The van der Waals surface area contributed by atoms with E-state index in [9.17, 15) is 14.7 Å². The Morgan fingerprint density at radius 3 is 2.64 bits per heavy atom. The van der Waals surface area contributed by atoms with Crippen LogP contribution in [0.5, 0.6) is 5.75 Å². The van der Waals surface area contributed by atoms with E-state index >= 15 is 0 Å². The van der Waals surface area contributed by atoms with Gasteiger partial charge < -0.3 is 14.6 Å². The van der Waals surface area contributed by atoms with E-state index in [2.05, 4.69) is 41.3 Å². The number of unbranched alkanes of at least 4 members (excludes halogenated alkanes) is 2. The van der Waals surface area contributed by atoms with Gasteiger partial charge in [0.25, 0.3) is 0 Å². The van der Waals surface area contributed by atoms with Crippen LogP contribution >= 0.6 is 0 Å². The minimum atomic E-state index is -0.873. The second kappa shape index (κ2) is 13.1. The number of ether oxygens (including phenoxy) is 1. The number of aromatic carboxylic acids is 1. The molecule has 0 radical (unpaired) electrons. The molecule has 204 valence electrons. The molecule has 3 aromatic carbocycles. The fraction of sp³-hybridized carbons (Fsp3) is 0.412. The van der Waals surface area contributed by atoms with Crippen LogP contribution in [0.25, 0.3) is 0 Å². The minimum absolute atomic E-state index is 0.257. The molecule has 1 unspecified atom stereocenters. The van der Waals surface area contributed by atoms with Crippen molar-refractivity contribution in [3.63, 3.8) is 0 Å². The van der Waals surface area contributed by atoms with Crippen LogP contribution in [0, 0.1) is 0 Å². The van der Waals surface area contributed by atoms with Crippen molar-refractivity contribution in [3.8, 4) is 5.75 Å². The summed E-state index contributed by atoms with van der Waals surface area (Å²) in [7, 11) is 0. The number of carboxylic acid groups (broad SMARTS) is 1. The van der Waals surface area contributed by atoms with Crippen LogP contribution in [0.1, 0.15) is 88.3 Å². The van der Waals surface area contributed by atoms with Gasteiger partial charge in [-0.2, -0.15) is 0 Å². The molecule has 0 heterocycles. The first-order valence-corrected chi connectivity index (χ1v) is 14.5. The Morgan fingerprint density at radius 1 is 0.923 bits per heavy atom. The largest absolute Gasteiger partial charge is 0.489 e. The molecule has 1 atom stereocenters. The van der Waals surface area contributed by atoms with Crippen LogP contribution in [-0.2, 0) is 37.1 Å². The number of hydrogen-bond acceptors (Lipinski definition) is 4. The third-order valence-corrected chi connectivity index (χ3v) is 8.33. The molecule has 5 heteroatoms. The van der Waals surface area contributed by atoms with E-state index in [-0.39, 0.29) is 6.04 Å². The molecular weight excluding hydrogens is 486 g/mol. The van der Waals surface area contributed by atoms with Crippen LogP contribution in [0.2, 0.25) is 0 Å². The summed E-state index contributed by atoms with van der Waals surface area (Å²) in [5, 5.41) is 9.47. The zero-order chi connectivity index (χ0) is 27.0. The Morgan fingerprint density at radius 2 is 1.77 bits per heavy atom. The van der Waals surface area contributed by atoms with Gasteiger partial charge in [0, 0.05) is 19.0 Å². The summed E-state index contributed by atoms with van der Waals surface area (Å²) in [6.45, 7) is 2.36. The van der Waals surface area contributed by atoms with Gasteiger partial charge in [-0.3, -0.25) is 4.90 Å². The van der Waals surface area contributed by atoms with Crippen molar-refractivity contribution < 1.29 is 19.4 Å². The van der Waals surface area contributed by atoms with Gasteiger partial charge >= 0.3 is 5.97 Å². The Bertz CT molecular complexity index is 1300. The molecule has 0 saturated carbocycles. The highest BCUT2D eigenvalue weighted by atomic mass is 16.5. The van der Waals surface area contributed by atoms with Gasteiger partial charge in [-0.15, -0.1) is 0 Å². The highest BCUT2D eigenvalue weighted by Crippen LogP contribution is 2.36. The fourth-order valence-corrected chi connectivity index (χ4v) is 6.26. The van der Waals surface area contributed by atoms with Gasteiger partial charge in [0.05, 0.1) is 5.56 Å². The van der Waals surface area contributed by atoms with Crippen molar-refractivity contribution in [1.82, 2.24) is 4.90 Å². The van der Waals surface area contributed by atoms with Crippen LogP contribution in [0.4, 0.5) is 0 Å². The molecule has 2 aliphatic rings. The molecule has 3 aromatic rings. The molecule has 5 rings (SSSR count). The standard InChI is InChI=1S/C34H39NO4/c36-21-5-1-4-19-35(32-12-7-11-29-23-30(34(37)38)16-17-31(29)32)20-18-27-8-2-3-13-33(27)39-24-25-14-15-26-9-6-10-28(26)22-25/h2-3,8,13-17,21-23,32H,1,4-7,9-12,18-20,24H2,(H,37,38). The highest BCUT2D eigenvalue weighted by Gasteiger charge is 2.26. The Hall–Kier alpha value is -3.44. The molecule has 0 fully saturated rings. The molecule has 0 bridgehead atoms. The van der Waals surface area contributed by atoms with Gasteiger partial charge in [-0.1, -0.05) is 42.5 Å². The Balaban J connectivity index is 1.29. The SMILES string of the molecule is O=CCCCCN(CCc1ccccc1OCc1ccc2c(c1)CCC2)C1CCCc2cc(C(=O)O)ccc21. The smallest absolute Gasteiger partial charge is 0.335 e. The van der Waals surface area contributed by atoms with E-state index in [0.29, 0.717) is 18.6 Å².